The van der Waals surface area contributed by atoms with Crippen molar-refractivity contribution in [3.05, 3.63) is 71.1 Å². The Morgan fingerprint density at radius 1 is 1.17 bits per heavy atom. The molecule has 8 heteroatoms. The molecule has 3 heterocycles. The summed E-state index contributed by atoms with van der Waals surface area (Å²) in [7, 11) is 0. The molecule has 1 N–H and O–H groups in total. The van der Waals surface area contributed by atoms with Crippen LogP contribution in [0.4, 0.5) is 9.52 Å². The van der Waals surface area contributed by atoms with E-state index in [1.165, 1.54) is 28.7 Å². The Morgan fingerprint density at radius 3 is 2.87 bits per heavy atom. The normalized spacial score (nSPS) is 11.4. The number of hydrogen-bond donors (Lipinski definition) is 1. The Morgan fingerprint density at radius 2 is 2.03 bits per heavy atom. The van der Waals surface area contributed by atoms with Gasteiger partial charge in [0.1, 0.15) is 5.82 Å². The minimum Gasteiger partial charge on any atom is -0.302 e. The summed E-state index contributed by atoms with van der Waals surface area (Å²) in [6.45, 7) is 2.01. The van der Waals surface area contributed by atoms with Crippen LogP contribution in [0.15, 0.2) is 54.0 Å². The van der Waals surface area contributed by atoms with E-state index < -0.39 is 0 Å². The summed E-state index contributed by atoms with van der Waals surface area (Å²) >= 11 is 2.96. The molecule has 0 fully saturated rings. The van der Waals surface area contributed by atoms with Gasteiger partial charge in [0.25, 0.3) is 0 Å². The third-order valence-electron chi connectivity index (χ3n) is 4.91. The summed E-state index contributed by atoms with van der Waals surface area (Å²) < 4.78 is 17.1. The number of aryl methyl sites for hydroxylation is 2. The zero-order valence-corrected chi connectivity index (χ0v) is 17.7. The fraction of sp³-hybridized carbons (Fsp3) is 0.136. The number of benzene rings is 2. The van der Waals surface area contributed by atoms with E-state index >= 15 is 0 Å². The van der Waals surface area contributed by atoms with Crippen molar-refractivity contribution >= 4 is 48.9 Å². The number of anilines is 1. The molecule has 0 spiro atoms. The monoisotopic (exact) mass is 436 g/mol. The van der Waals surface area contributed by atoms with Gasteiger partial charge in [-0.1, -0.05) is 35.6 Å². The highest BCUT2D eigenvalue weighted by Crippen LogP contribution is 2.28. The van der Waals surface area contributed by atoms with E-state index in [0.29, 0.717) is 29.2 Å². The van der Waals surface area contributed by atoms with Gasteiger partial charge in [-0.2, -0.15) is 0 Å². The highest BCUT2D eigenvalue weighted by molar-refractivity contribution is 7.22. The summed E-state index contributed by atoms with van der Waals surface area (Å²) in [6.07, 6.45) is 2.71. The first-order valence-electron chi connectivity index (χ1n) is 9.45. The number of fused-ring (bicyclic) bond motifs is 2. The first kappa shape index (κ1) is 18.9. The number of halogens is 1. The number of nitrogens with zero attached hydrogens (tertiary/aromatic N) is 3. The Bertz CT molecular complexity index is 1380. The van der Waals surface area contributed by atoms with Gasteiger partial charge in [0, 0.05) is 29.3 Å². The lowest BCUT2D eigenvalue weighted by molar-refractivity contribution is -0.116. The van der Waals surface area contributed by atoms with Gasteiger partial charge in [0.2, 0.25) is 5.91 Å². The molecule has 2 aromatic carbocycles. The number of amides is 1. The van der Waals surface area contributed by atoms with Gasteiger partial charge in [-0.05, 0) is 37.1 Å². The molecule has 5 rings (SSSR count). The molecule has 30 heavy (non-hydrogen) atoms. The van der Waals surface area contributed by atoms with Crippen LogP contribution >= 0.6 is 22.7 Å². The summed E-state index contributed by atoms with van der Waals surface area (Å²) in [5.41, 5.74) is 4.06. The van der Waals surface area contributed by atoms with Crippen molar-refractivity contribution in [2.75, 3.05) is 5.32 Å². The number of carbonyl (C=O) groups excluding carboxylic acids is 1. The molecular weight excluding hydrogens is 419 g/mol. The van der Waals surface area contributed by atoms with Crippen molar-refractivity contribution in [1.29, 1.82) is 0 Å². The second kappa shape index (κ2) is 7.62. The minimum atomic E-state index is -0.296. The first-order chi connectivity index (χ1) is 14.6. The van der Waals surface area contributed by atoms with E-state index in [1.54, 1.807) is 18.2 Å². The summed E-state index contributed by atoms with van der Waals surface area (Å²) in [6, 6.07) is 12.6. The molecule has 0 aliphatic rings. The van der Waals surface area contributed by atoms with Crippen LogP contribution in [-0.4, -0.2) is 20.3 Å². The number of imidazole rings is 1. The van der Waals surface area contributed by atoms with Gasteiger partial charge in [0.15, 0.2) is 10.1 Å². The Hall–Kier alpha value is -3.10. The second-order valence-corrected chi connectivity index (χ2v) is 8.84. The quantitative estimate of drug-likeness (QED) is 0.385. The van der Waals surface area contributed by atoms with Crippen molar-refractivity contribution in [2.24, 2.45) is 0 Å². The maximum atomic E-state index is 14.1. The smallest absolute Gasteiger partial charge is 0.226 e. The largest absolute Gasteiger partial charge is 0.302 e. The number of hydrogen-bond acceptors (Lipinski definition) is 5. The van der Waals surface area contributed by atoms with Crippen LogP contribution in [0.5, 0.6) is 0 Å². The van der Waals surface area contributed by atoms with Crippen LogP contribution in [0.3, 0.4) is 0 Å². The number of para-hydroxylation sites is 1. The molecule has 0 saturated carbocycles. The predicted octanol–water partition coefficient (Wildman–Crippen LogP) is 5.69. The molecule has 0 radical (unpaired) electrons. The number of thiazole rings is 2. The number of nitrogens with one attached hydrogen (secondary N) is 1. The van der Waals surface area contributed by atoms with Crippen molar-refractivity contribution in [3.63, 3.8) is 0 Å². The number of aromatic nitrogens is 3. The van der Waals surface area contributed by atoms with Crippen LogP contribution in [0, 0.1) is 12.7 Å². The van der Waals surface area contributed by atoms with Crippen LogP contribution < -0.4 is 5.32 Å². The molecule has 3 aromatic heterocycles. The summed E-state index contributed by atoms with van der Waals surface area (Å²) in [5.74, 6) is -0.379. The van der Waals surface area contributed by atoms with E-state index in [-0.39, 0.29) is 11.7 Å². The lowest BCUT2D eigenvalue weighted by atomic mass is 10.1. The lowest BCUT2D eigenvalue weighted by Gasteiger charge is -2.01. The molecule has 0 atom stereocenters. The maximum absolute atomic E-state index is 14.1. The molecule has 0 aliphatic heterocycles. The third kappa shape index (κ3) is 3.48. The fourth-order valence-corrected chi connectivity index (χ4v) is 5.24. The van der Waals surface area contributed by atoms with Crippen molar-refractivity contribution in [2.45, 2.75) is 19.8 Å². The van der Waals surface area contributed by atoms with Gasteiger partial charge >= 0.3 is 0 Å². The highest BCUT2D eigenvalue weighted by Gasteiger charge is 2.14. The van der Waals surface area contributed by atoms with E-state index in [9.17, 15) is 9.18 Å². The highest BCUT2D eigenvalue weighted by atomic mass is 32.1. The SMILES string of the molecule is Cc1cccc2sc(NC(=O)CCc3csc4nc(-c5ccccc5F)cn34)nc12. The molecule has 5 aromatic rings. The molecule has 150 valence electrons. The van der Waals surface area contributed by atoms with Gasteiger partial charge in [-0.25, -0.2) is 14.4 Å². The zero-order valence-electron chi connectivity index (χ0n) is 16.1. The van der Waals surface area contributed by atoms with Crippen molar-refractivity contribution in [1.82, 2.24) is 14.4 Å². The molecule has 0 aliphatic carbocycles. The molecular formula is C22H17FN4OS2. The third-order valence-corrected chi connectivity index (χ3v) is 6.73. The fourth-order valence-electron chi connectivity index (χ4n) is 3.37. The van der Waals surface area contributed by atoms with Gasteiger partial charge < -0.3 is 5.32 Å². The van der Waals surface area contributed by atoms with Crippen LogP contribution in [0.2, 0.25) is 0 Å². The van der Waals surface area contributed by atoms with Gasteiger partial charge in [-0.15, -0.1) is 11.3 Å². The average molecular weight is 437 g/mol. The maximum Gasteiger partial charge on any atom is 0.226 e. The minimum absolute atomic E-state index is 0.0829. The standard InChI is InChI=1S/C22H17FN4OS2/c1-13-5-4-8-18-20(13)26-21(30-18)25-19(28)10-9-14-12-29-22-24-17(11-27(14)22)15-6-2-3-7-16(15)23/h2-8,11-12H,9-10H2,1H3,(H,25,26,28). The van der Waals surface area contributed by atoms with E-state index in [0.717, 1.165) is 26.4 Å². The van der Waals surface area contributed by atoms with Crippen LogP contribution in [0.1, 0.15) is 17.7 Å². The Kier molecular flexibility index (Phi) is 4.80. The first-order valence-corrected chi connectivity index (χ1v) is 11.1. The van der Waals surface area contributed by atoms with E-state index in [2.05, 4.69) is 15.3 Å². The Labute approximate surface area is 179 Å². The Balaban J connectivity index is 1.30. The second-order valence-electron chi connectivity index (χ2n) is 6.97. The average Bonchev–Trinajstić information content (AvgIpc) is 3.41. The molecule has 0 bridgehead atoms. The van der Waals surface area contributed by atoms with Crippen molar-refractivity contribution in [3.8, 4) is 11.3 Å². The molecule has 0 saturated heterocycles. The topological polar surface area (TPSA) is 59.3 Å². The van der Waals surface area contributed by atoms with Gasteiger partial charge in [0.05, 0.1) is 15.9 Å². The van der Waals surface area contributed by atoms with Gasteiger partial charge in [-0.3, -0.25) is 9.20 Å². The number of rotatable bonds is 5. The summed E-state index contributed by atoms with van der Waals surface area (Å²) in [5, 5.41) is 5.51. The predicted molar refractivity (Wildman–Crippen MR) is 120 cm³/mol. The molecule has 5 nitrogen and oxygen atoms in total. The molecule has 0 unspecified atom stereocenters. The van der Waals surface area contributed by atoms with E-state index in [1.807, 2.05) is 41.1 Å². The number of carbonyl (C=O) groups is 1. The summed E-state index contributed by atoms with van der Waals surface area (Å²) in [4.78, 5) is 22.3. The lowest BCUT2D eigenvalue weighted by Crippen LogP contribution is -2.12. The van der Waals surface area contributed by atoms with Crippen LogP contribution in [0.25, 0.3) is 26.4 Å². The van der Waals surface area contributed by atoms with Crippen LogP contribution in [-0.2, 0) is 11.2 Å². The van der Waals surface area contributed by atoms with Crippen molar-refractivity contribution < 1.29 is 9.18 Å². The zero-order chi connectivity index (χ0) is 20.7. The molecule has 1 amide bonds. The van der Waals surface area contributed by atoms with E-state index in [4.69, 9.17) is 0 Å².